The van der Waals surface area contributed by atoms with Crippen LogP contribution in [0, 0.1) is 11.8 Å². The number of anilines is 1. The Kier molecular flexibility index (Phi) is 4.15. The van der Waals surface area contributed by atoms with Gasteiger partial charge < -0.3 is 15.5 Å². The van der Waals surface area contributed by atoms with Crippen LogP contribution in [0.2, 0.25) is 0 Å². The predicted molar refractivity (Wildman–Crippen MR) is 85.0 cm³/mol. The van der Waals surface area contributed by atoms with Gasteiger partial charge in [-0.05, 0) is 36.9 Å². The lowest BCUT2D eigenvalue weighted by Gasteiger charge is -2.27. The predicted octanol–water partition coefficient (Wildman–Crippen LogP) is 1.84. The fourth-order valence-electron chi connectivity index (χ4n) is 3.76. The fourth-order valence-corrected chi connectivity index (χ4v) is 3.76. The number of hydrogen-bond acceptors (Lipinski definition) is 3. The lowest BCUT2D eigenvalue weighted by molar-refractivity contribution is -0.137. The van der Waals surface area contributed by atoms with Crippen molar-refractivity contribution in [1.29, 1.82) is 0 Å². The molecule has 0 bridgehead atoms. The Balaban J connectivity index is 1.79. The molecule has 2 atom stereocenters. The van der Waals surface area contributed by atoms with Crippen LogP contribution < -0.4 is 10.6 Å². The second-order valence-corrected chi connectivity index (χ2v) is 6.34. The van der Waals surface area contributed by atoms with E-state index in [1.807, 2.05) is 4.90 Å². The molecule has 1 saturated carbocycles. The second kappa shape index (κ2) is 6.06. The molecular formula is C17H25N3O. The van der Waals surface area contributed by atoms with Gasteiger partial charge in [0.2, 0.25) is 5.91 Å². The quantitative estimate of drug-likeness (QED) is 0.903. The van der Waals surface area contributed by atoms with Crippen molar-refractivity contribution in [2.75, 3.05) is 31.6 Å². The lowest BCUT2D eigenvalue weighted by atomic mass is 9.94. The summed E-state index contributed by atoms with van der Waals surface area (Å²) in [6, 6.07) is 8.39. The highest BCUT2D eigenvalue weighted by Gasteiger charge is 2.35. The van der Waals surface area contributed by atoms with Crippen LogP contribution in [0.4, 0.5) is 5.69 Å². The molecule has 114 valence electrons. The Hall–Kier alpha value is -1.55. The minimum atomic E-state index is 0.144. The Morgan fingerprint density at radius 3 is 2.90 bits per heavy atom. The van der Waals surface area contributed by atoms with E-state index < -0.39 is 0 Å². The zero-order valence-corrected chi connectivity index (χ0v) is 12.8. The van der Waals surface area contributed by atoms with Crippen LogP contribution >= 0.6 is 0 Å². The number of rotatable bonds is 2. The Bertz CT molecular complexity index is 517. The minimum Gasteiger partial charge on any atom is -0.373 e. The first-order valence-electron chi connectivity index (χ1n) is 7.98. The average molecular weight is 287 g/mol. The molecule has 1 fully saturated rings. The first kappa shape index (κ1) is 14.4. The van der Waals surface area contributed by atoms with Crippen molar-refractivity contribution in [2.45, 2.75) is 25.8 Å². The number of carbonyl (C=O) groups excluding carboxylic acids is 1. The summed E-state index contributed by atoms with van der Waals surface area (Å²) in [5.74, 6) is 0.840. The van der Waals surface area contributed by atoms with Crippen LogP contribution in [0.1, 0.15) is 24.8 Å². The summed E-state index contributed by atoms with van der Waals surface area (Å²) in [5.41, 5.74) is 8.33. The molecule has 21 heavy (non-hydrogen) atoms. The Labute approximate surface area is 126 Å². The molecule has 1 heterocycles. The van der Waals surface area contributed by atoms with Gasteiger partial charge in [-0.1, -0.05) is 24.6 Å². The van der Waals surface area contributed by atoms with Gasteiger partial charge >= 0.3 is 0 Å². The smallest absolute Gasteiger partial charge is 0.226 e. The first-order valence-corrected chi connectivity index (χ1v) is 7.98. The Morgan fingerprint density at radius 1 is 1.29 bits per heavy atom. The second-order valence-electron chi connectivity index (χ2n) is 6.34. The van der Waals surface area contributed by atoms with Gasteiger partial charge in [-0.25, -0.2) is 0 Å². The summed E-state index contributed by atoms with van der Waals surface area (Å²) < 4.78 is 0. The molecule has 1 aliphatic heterocycles. The summed E-state index contributed by atoms with van der Waals surface area (Å²) in [5, 5.41) is 0. The molecule has 0 radical (unpaired) electrons. The van der Waals surface area contributed by atoms with Gasteiger partial charge in [-0.15, -0.1) is 0 Å². The summed E-state index contributed by atoms with van der Waals surface area (Å²) in [4.78, 5) is 17.2. The Morgan fingerprint density at radius 2 is 2.10 bits per heavy atom. The molecular weight excluding hydrogens is 262 g/mol. The average Bonchev–Trinajstić information content (AvgIpc) is 2.92. The maximum atomic E-state index is 12.9. The molecule has 1 aromatic carbocycles. The molecule has 4 heteroatoms. The van der Waals surface area contributed by atoms with E-state index in [2.05, 4.69) is 36.2 Å². The van der Waals surface area contributed by atoms with E-state index >= 15 is 0 Å². The monoisotopic (exact) mass is 287 g/mol. The number of benzene rings is 1. The molecule has 2 aliphatic rings. The van der Waals surface area contributed by atoms with E-state index in [-0.39, 0.29) is 5.92 Å². The van der Waals surface area contributed by atoms with Crippen LogP contribution in [0.5, 0.6) is 0 Å². The number of hydrogen-bond donors (Lipinski definition) is 1. The number of nitrogens with two attached hydrogens (primary N) is 1. The van der Waals surface area contributed by atoms with E-state index in [0.29, 0.717) is 18.4 Å². The number of fused-ring (bicyclic) bond motifs is 1. The van der Waals surface area contributed by atoms with E-state index in [4.69, 9.17) is 5.73 Å². The number of carbonyl (C=O) groups is 1. The van der Waals surface area contributed by atoms with Crippen LogP contribution in [0.25, 0.3) is 0 Å². The van der Waals surface area contributed by atoms with Crippen molar-refractivity contribution >= 4 is 11.6 Å². The maximum absolute atomic E-state index is 12.9. The summed E-state index contributed by atoms with van der Waals surface area (Å²) in [7, 11) is 2.10. The topological polar surface area (TPSA) is 49.6 Å². The van der Waals surface area contributed by atoms with E-state index in [1.54, 1.807) is 0 Å². The van der Waals surface area contributed by atoms with Crippen molar-refractivity contribution in [3.8, 4) is 0 Å². The van der Waals surface area contributed by atoms with Crippen molar-refractivity contribution in [2.24, 2.45) is 17.6 Å². The number of nitrogens with zero attached hydrogens (tertiary/aromatic N) is 2. The minimum absolute atomic E-state index is 0.144. The molecule has 2 N–H and O–H groups in total. The van der Waals surface area contributed by atoms with Crippen LogP contribution in [0.15, 0.2) is 24.3 Å². The van der Waals surface area contributed by atoms with Crippen molar-refractivity contribution in [1.82, 2.24) is 4.90 Å². The SMILES string of the molecule is CN1CCN(C(=O)[C@@H]2CCC[C@@H]2CN)Cc2ccccc21. The molecule has 1 aromatic rings. The van der Waals surface area contributed by atoms with Crippen molar-refractivity contribution in [3.63, 3.8) is 0 Å². The van der Waals surface area contributed by atoms with E-state index in [0.717, 1.165) is 38.9 Å². The number of likely N-dealkylation sites (N-methyl/N-ethyl adjacent to an activating group) is 1. The molecule has 1 aliphatic carbocycles. The molecule has 4 nitrogen and oxygen atoms in total. The highest BCUT2D eigenvalue weighted by molar-refractivity contribution is 5.80. The normalized spacial score (nSPS) is 25.6. The summed E-state index contributed by atoms with van der Waals surface area (Å²) in [6.45, 7) is 3.06. The third kappa shape index (κ3) is 2.77. The molecule has 1 amide bonds. The van der Waals surface area contributed by atoms with Gasteiger partial charge in [-0.3, -0.25) is 4.79 Å². The third-order valence-electron chi connectivity index (χ3n) is 5.06. The molecule has 0 unspecified atom stereocenters. The lowest BCUT2D eigenvalue weighted by Crippen LogP contribution is -2.40. The maximum Gasteiger partial charge on any atom is 0.226 e. The standard InChI is InChI=1S/C17H25N3O/c1-19-9-10-20(12-14-5-2-3-8-16(14)19)17(21)15-7-4-6-13(15)11-18/h2-3,5,8,13,15H,4,6-7,9-12,18H2,1H3/t13-,15-/m1/s1. The van der Waals surface area contributed by atoms with Gasteiger partial charge in [0.05, 0.1) is 0 Å². The number of para-hydroxylation sites is 1. The van der Waals surface area contributed by atoms with Crippen LogP contribution in [-0.4, -0.2) is 37.5 Å². The molecule has 0 saturated heterocycles. The van der Waals surface area contributed by atoms with Gasteiger partial charge in [0.25, 0.3) is 0 Å². The van der Waals surface area contributed by atoms with E-state index in [1.165, 1.54) is 11.3 Å². The zero-order valence-electron chi connectivity index (χ0n) is 12.8. The fraction of sp³-hybridized carbons (Fsp3) is 0.588. The summed E-state index contributed by atoms with van der Waals surface area (Å²) in [6.07, 6.45) is 3.26. The highest BCUT2D eigenvalue weighted by atomic mass is 16.2. The van der Waals surface area contributed by atoms with Crippen LogP contribution in [0.3, 0.4) is 0 Å². The highest BCUT2D eigenvalue weighted by Crippen LogP contribution is 2.33. The molecule has 0 aromatic heterocycles. The summed E-state index contributed by atoms with van der Waals surface area (Å²) >= 11 is 0. The zero-order chi connectivity index (χ0) is 14.8. The first-order chi connectivity index (χ1) is 10.2. The van der Waals surface area contributed by atoms with Gasteiger partial charge in [0.1, 0.15) is 0 Å². The third-order valence-corrected chi connectivity index (χ3v) is 5.06. The van der Waals surface area contributed by atoms with Gasteiger partial charge in [0, 0.05) is 38.3 Å². The largest absolute Gasteiger partial charge is 0.373 e. The molecule has 0 spiro atoms. The van der Waals surface area contributed by atoms with Crippen LogP contribution in [-0.2, 0) is 11.3 Å². The molecule has 3 rings (SSSR count). The van der Waals surface area contributed by atoms with Crippen molar-refractivity contribution < 1.29 is 4.79 Å². The van der Waals surface area contributed by atoms with E-state index in [9.17, 15) is 4.79 Å². The van der Waals surface area contributed by atoms with Gasteiger partial charge in [0.15, 0.2) is 0 Å². The van der Waals surface area contributed by atoms with Gasteiger partial charge in [-0.2, -0.15) is 0 Å². The number of amides is 1. The van der Waals surface area contributed by atoms with Crippen molar-refractivity contribution in [3.05, 3.63) is 29.8 Å².